The van der Waals surface area contributed by atoms with Gasteiger partial charge in [-0.15, -0.1) is 0 Å². The monoisotopic (exact) mass is 100 g/mol. The number of hydrogen-bond donors (Lipinski definition) is 0. The Kier molecular flexibility index (Phi) is 3.04. The van der Waals surface area contributed by atoms with E-state index in [2.05, 4.69) is 0 Å². The van der Waals surface area contributed by atoms with Crippen LogP contribution in [0, 0.1) is 0 Å². The topological polar surface area (TPSA) is 0 Å². The predicted molar refractivity (Wildman–Crippen MR) is 34.3 cm³/mol. The lowest BCUT2D eigenvalue weighted by atomic mass is 10.3. The molecule has 0 aromatic carbocycles. The van der Waals surface area contributed by atoms with Crippen LogP contribution in [0.15, 0.2) is 12.2 Å². The molecule has 0 aliphatic rings. The summed E-state index contributed by atoms with van der Waals surface area (Å²) < 4.78 is 14.3. The van der Waals surface area contributed by atoms with Gasteiger partial charge in [-0.2, -0.15) is 0 Å². The molecule has 0 saturated carbocycles. The van der Waals surface area contributed by atoms with E-state index in [1.165, 1.54) is 0 Å². The summed E-state index contributed by atoms with van der Waals surface area (Å²) in [7, 11) is 0. The molecule has 0 bridgehead atoms. The van der Waals surface area contributed by atoms with Gasteiger partial charge in [0.1, 0.15) is 0 Å². The summed E-state index contributed by atoms with van der Waals surface area (Å²) in [6, 6.07) is 0. The summed E-state index contributed by atoms with van der Waals surface area (Å²) in [5.74, 6) is 0. The Morgan fingerprint density at radius 2 is 2.14 bits per heavy atom. The Morgan fingerprint density at radius 3 is 2.57 bits per heavy atom. The van der Waals surface area contributed by atoms with Gasteiger partial charge in [-0.1, -0.05) is 32.4 Å². The summed E-state index contributed by atoms with van der Waals surface area (Å²) in [6.07, 6.45) is 4.09. The normalized spacial score (nSPS) is 23.7. The van der Waals surface area contributed by atoms with E-state index in [-0.39, 0.29) is 12.8 Å². The Hall–Kier alpha value is -0.260. The third kappa shape index (κ3) is 5.74. The van der Waals surface area contributed by atoms with Crippen molar-refractivity contribution in [3.05, 3.63) is 12.2 Å². The molecular formula is C7H14. The summed E-state index contributed by atoms with van der Waals surface area (Å²) in [4.78, 5) is 0. The summed E-state index contributed by atoms with van der Waals surface area (Å²) in [5, 5.41) is 0. The van der Waals surface area contributed by atoms with Crippen molar-refractivity contribution in [2.75, 3.05) is 0 Å². The number of hydrogen-bond acceptors (Lipinski definition) is 0. The summed E-state index contributed by atoms with van der Waals surface area (Å²) >= 11 is 0. The maximum absolute atomic E-state index is 7.24. The fourth-order valence-corrected chi connectivity index (χ4v) is 0.326. The van der Waals surface area contributed by atoms with Crippen molar-refractivity contribution >= 4 is 0 Å². The first-order chi connectivity index (χ1) is 4.16. The van der Waals surface area contributed by atoms with Crippen molar-refractivity contribution < 1.29 is 2.74 Å². The highest BCUT2D eigenvalue weighted by atomic mass is 13.7. The second-order valence-corrected chi connectivity index (χ2v) is 1.36. The van der Waals surface area contributed by atoms with Crippen LogP contribution in [0.4, 0.5) is 0 Å². The quantitative estimate of drug-likeness (QED) is 0.478. The zero-order valence-corrected chi connectivity index (χ0v) is 5.02. The van der Waals surface area contributed by atoms with E-state index in [4.69, 9.17) is 2.74 Å². The molecule has 0 rings (SSSR count). The molecular weight excluding hydrogens is 84.1 g/mol. The summed E-state index contributed by atoms with van der Waals surface area (Å²) in [5.41, 5.74) is 0. The van der Waals surface area contributed by atoms with Crippen LogP contribution in [0.1, 0.15) is 35.8 Å². The van der Waals surface area contributed by atoms with E-state index in [1.54, 1.807) is 19.1 Å². The molecule has 0 aromatic rings. The van der Waals surface area contributed by atoms with Gasteiger partial charge in [0, 0.05) is 2.74 Å². The maximum Gasteiger partial charge on any atom is 0.0310 e. The van der Waals surface area contributed by atoms with Gasteiger partial charge in [0.2, 0.25) is 0 Å². The molecule has 0 fully saturated rings. The molecule has 0 saturated heterocycles. The molecule has 7 heavy (non-hydrogen) atoms. The zero-order valence-electron chi connectivity index (χ0n) is 7.02. The van der Waals surface area contributed by atoms with Gasteiger partial charge >= 0.3 is 0 Å². The van der Waals surface area contributed by atoms with Gasteiger partial charge in [0.15, 0.2) is 0 Å². The molecule has 42 valence electrons. The van der Waals surface area contributed by atoms with E-state index in [0.29, 0.717) is 0 Å². The van der Waals surface area contributed by atoms with Crippen LogP contribution in [0.2, 0.25) is 0 Å². The van der Waals surface area contributed by atoms with E-state index >= 15 is 0 Å². The predicted octanol–water partition coefficient (Wildman–Crippen LogP) is 2.75. The molecule has 2 unspecified atom stereocenters. The molecule has 0 heterocycles. The fourth-order valence-electron chi connectivity index (χ4n) is 0.326. The van der Waals surface area contributed by atoms with E-state index in [9.17, 15) is 0 Å². The highest BCUT2D eigenvalue weighted by molar-refractivity contribution is 4.78. The van der Waals surface area contributed by atoms with Crippen LogP contribution in [0.25, 0.3) is 0 Å². The molecule has 0 aliphatic heterocycles. The smallest absolute Gasteiger partial charge is 0.0310 e. The van der Waals surface area contributed by atoms with Crippen LogP contribution >= 0.6 is 0 Å². The average Bonchev–Trinajstić information content (AvgIpc) is 1.83. The molecule has 0 aliphatic carbocycles. The minimum atomic E-state index is -0.163. The Balaban J connectivity index is 3.43. The Morgan fingerprint density at radius 1 is 1.43 bits per heavy atom. The highest BCUT2D eigenvalue weighted by Crippen LogP contribution is 1.88. The SMILES string of the molecule is [2H]C(C)C=CC([2H])CC. The number of rotatable bonds is 3. The van der Waals surface area contributed by atoms with Gasteiger partial charge in [0.25, 0.3) is 0 Å². The van der Waals surface area contributed by atoms with E-state index in [0.717, 1.165) is 6.42 Å². The molecule has 0 heteroatoms. The maximum atomic E-state index is 7.24. The van der Waals surface area contributed by atoms with E-state index < -0.39 is 0 Å². The number of allylic oxidation sites excluding steroid dienone is 2. The lowest BCUT2D eigenvalue weighted by molar-refractivity contribution is 0.952. The van der Waals surface area contributed by atoms with Crippen LogP contribution in [-0.2, 0) is 0 Å². The van der Waals surface area contributed by atoms with Crippen LogP contribution in [-0.4, -0.2) is 0 Å². The second kappa shape index (κ2) is 5.74. The average molecular weight is 100 g/mol. The first-order valence-electron chi connectivity index (χ1n) is 3.85. The van der Waals surface area contributed by atoms with Crippen molar-refractivity contribution in [2.24, 2.45) is 0 Å². The molecule has 0 radical (unpaired) electrons. The molecule has 0 spiro atoms. The lowest BCUT2D eigenvalue weighted by Crippen LogP contribution is -1.58. The Bertz CT molecular complexity index is 86.9. The molecule has 0 aromatic heterocycles. The minimum absolute atomic E-state index is 0.113. The largest absolute Gasteiger partial charge is 0.0888 e. The van der Waals surface area contributed by atoms with Crippen molar-refractivity contribution in [2.45, 2.75) is 33.1 Å². The molecule has 0 nitrogen and oxygen atoms in total. The van der Waals surface area contributed by atoms with Gasteiger partial charge in [-0.25, -0.2) is 0 Å². The highest BCUT2D eigenvalue weighted by Gasteiger charge is 1.68. The molecule has 0 amide bonds. The third-order valence-corrected chi connectivity index (χ3v) is 0.675. The van der Waals surface area contributed by atoms with Gasteiger partial charge in [-0.3, -0.25) is 0 Å². The van der Waals surface area contributed by atoms with Gasteiger partial charge in [0.05, 0.1) is 0 Å². The molecule has 0 N–H and O–H groups in total. The van der Waals surface area contributed by atoms with Gasteiger partial charge in [-0.05, 0) is 12.8 Å². The van der Waals surface area contributed by atoms with Crippen LogP contribution in [0.3, 0.4) is 0 Å². The van der Waals surface area contributed by atoms with E-state index in [1.807, 2.05) is 6.92 Å². The standard InChI is InChI=1S/C7H14/c1-3-5-7-6-4-2/h5,7H,3-4,6H2,1-2H3/i3D,6D. The van der Waals surface area contributed by atoms with Crippen molar-refractivity contribution in [3.63, 3.8) is 0 Å². The van der Waals surface area contributed by atoms with Crippen LogP contribution < -0.4 is 0 Å². The van der Waals surface area contributed by atoms with Crippen LogP contribution in [0.5, 0.6) is 0 Å². The van der Waals surface area contributed by atoms with Crippen molar-refractivity contribution in [1.82, 2.24) is 0 Å². The fraction of sp³-hybridized carbons (Fsp3) is 0.714. The third-order valence-electron chi connectivity index (χ3n) is 0.675. The first-order valence-corrected chi connectivity index (χ1v) is 2.69. The zero-order chi connectivity index (χ0) is 7.28. The van der Waals surface area contributed by atoms with Crippen molar-refractivity contribution in [1.29, 1.82) is 0 Å². The Labute approximate surface area is 49.0 Å². The molecule has 2 atom stereocenters. The van der Waals surface area contributed by atoms with Crippen molar-refractivity contribution in [3.8, 4) is 0 Å². The lowest BCUT2D eigenvalue weighted by Gasteiger charge is -1.79. The second-order valence-electron chi connectivity index (χ2n) is 1.36. The summed E-state index contributed by atoms with van der Waals surface area (Å²) in [6.45, 7) is 3.76. The van der Waals surface area contributed by atoms with Gasteiger partial charge < -0.3 is 0 Å². The minimum Gasteiger partial charge on any atom is -0.0888 e. The first kappa shape index (κ1) is 3.71.